The van der Waals surface area contributed by atoms with Crippen molar-refractivity contribution in [3.05, 3.63) is 98.6 Å². The molecule has 2 N–H and O–H groups in total. The van der Waals surface area contributed by atoms with Gasteiger partial charge in [-0.15, -0.1) is 0 Å². The van der Waals surface area contributed by atoms with Crippen LogP contribution in [-0.4, -0.2) is 24.6 Å². The summed E-state index contributed by atoms with van der Waals surface area (Å²) in [5, 5.41) is 6.50. The van der Waals surface area contributed by atoms with E-state index in [-0.39, 0.29) is 12.5 Å². The minimum atomic E-state index is -0.409. The molecule has 0 fully saturated rings. The number of halogens is 1. The fourth-order valence-electron chi connectivity index (χ4n) is 2.62. The molecule has 3 rings (SSSR count). The minimum absolute atomic E-state index is 0.160. The Balaban J connectivity index is 1.41. The van der Waals surface area contributed by atoms with Gasteiger partial charge in [0.15, 0.2) is 0 Å². The van der Waals surface area contributed by atoms with E-state index in [1.807, 2.05) is 48.5 Å². The van der Waals surface area contributed by atoms with Gasteiger partial charge in [-0.1, -0.05) is 42.0 Å². The second kappa shape index (κ2) is 11.3. The summed E-state index contributed by atoms with van der Waals surface area (Å²) in [6, 6.07) is 22.8. The van der Waals surface area contributed by atoms with E-state index in [1.54, 1.807) is 12.1 Å². The lowest BCUT2D eigenvalue weighted by Gasteiger charge is -2.07. The minimum Gasteiger partial charge on any atom is -0.489 e. The molecule has 3 aromatic rings. The highest BCUT2D eigenvalue weighted by molar-refractivity contribution is 14.1. The molecule has 7 heteroatoms. The van der Waals surface area contributed by atoms with Gasteiger partial charge in [-0.2, -0.15) is 5.10 Å². The normalized spacial score (nSPS) is 10.6. The first-order chi connectivity index (χ1) is 15.0. The summed E-state index contributed by atoms with van der Waals surface area (Å²) in [4.78, 5) is 24.0. The highest BCUT2D eigenvalue weighted by Crippen LogP contribution is 2.14. The van der Waals surface area contributed by atoms with E-state index in [0.717, 1.165) is 20.4 Å². The molecule has 0 aromatic heterocycles. The smallest absolute Gasteiger partial charge is 0.259 e. The van der Waals surface area contributed by atoms with Crippen LogP contribution in [0.1, 0.15) is 27.0 Å². The van der Waals surface area contributed by atoms with Crippen molar-refractivity contribution >= 4 is 40.6 Å². The molecule has 0 heterocycles. The largest absolute Gasteiger partial charge is 0.489 e. The molecule has 0 atom stereocenters. The maximum Gasteiger partial charge on any atom is 0.259 e. The summed E-state index contributed by atoms with van der Waals surface area (Å²) >= 11 is 2.08. The summed E-state index contributed by atoms with van der Waals surface area (Å²) in [5.41, 5.74) is 6.06. The van der Waals surface area contributed by atoms with Gasteiger partial charge in [0, 0.05) is 3.57 Å². The second-order valence-electron chi connectivity index (χ2n) is 6.80. The number of carbonyl (C=O) groups is 2. The van der Waals surface area contributed by atoms with Gasteiger partial charge >= 0.3 is 0 Å². The third-order valence-electron chi connectivity index (χ3n) is 4.34. The predicted octanol–water partition coefficient (Wildman–Crippen LogP) is 4.06. The predicted molar refractivity (Wildman–Crippen MR) is 129 cm³/mol. The quantitative estimate of drug-likeness (QED) is 0.264. The zero-order valence-electron chi connectivity index (χ0n) is 17.0. The lowest BCUT2D eigenvalue weighted by atomic mass is 10.2. The topological polar surface area (TPSA) is 79.8 Å². The van der Waals surface area contributed by atoms with E-state index >= 15 is 0 Å². The third kappa shape index (κ3) is 7.21. The Morgan fingerprint density at radius 2 is 1.71 bits per heavy atom. The van der Waals surface area contributed by atoms with Crippen LogP contribution < -0.4 is 15.5 Å². The molecule has 3 aromatic carbocycles. The molecular weight excluding hydrogens is 505 g/mol. The van der Waals surface area contributed by atoms with Gasteiger partial charge in [0.1, 0.15) is 12.4 Å². The number of amides is 2. The second-order valence-corrected chi connectivity index (χ2v) is 7.96. The Bertz CT molecular complexity index is 1060. The Morgan fingerprint density at radius 3 is 2.42 bits per heavy atom. The molecule has 0 radical (unpaired) electrons. The van der Waals surface area contributed by atoms with Crippen molar-refractivity contribution in [2.45, 2.75) is 13.5 Å². The van der Waals surface area contributed by atoms with E-state index in [0.29, 0.717) is 12.2 Å². The van der Waals surface area contributed by atoms with Crippen molar-refractivity contribution in [2.75, 3.05) is 6.54 Å². The SMILES string of the molecule is Cc1ccc(COc2ccc(/C=N/NC(=O)CNC(=O)c3ccccc3I)cc2)cc1. The van der Waals surface area contributed by atoms with Gasteiger partial charge in [-0.05, 0) is 77.0 Å². The summed E-state index contributed by atoms with van der Waals surface area (Å²) < 4.78 is 6.60. The summed E-state index contributed by atoms with van der Waals surface area (Å²) in [6.07, 6.45) is 1.53. The molecule has 6 nitrogen and oxygen atoms in total. The number of ether oxygens (including phenoxy) is 1. The van der Waals surface area contributed by atoms with Crippen LogP contribution in [0.4, 0.5) is 0 Å². The molecule has 158 valence electrons. The average molecular weight is 527 g/mol. The molecule has 0 saturated heterocycles. The van der Waals surface area contributed by atoms with Crippen molar-refractivity contribution in [3.8, 4) is 5.75 Å². The fraction of sp³-hybridized carbons (Fsp3) is 0.125. The van der Waals surface area contributed by atoms with Crippen molar-refractivity contribution in [1.82, 2.24) is 10.7 Å². The number of nitrogens with one attached hydrogen (secondary N) is 2. The maximum atomic E-state index is 12.1. The van der Waals surface area contributed by atoms with Crippen LogP contribution in [-0.2, 0) is 11.4 Å². The first-order valence-corrected chi connectivity index (χ1v) is 10.7. The number of rotatable bonds is 8. The van der Waals surface area contributed by atoms with Crippen LogP contribution in [0.25, 0.3) is 0 Å². The molecule has 31 heavy (non-hydrogen) atoms. The van der Waals surface area contributed by atoms with Gasteiger partial charge < -0.3 is 10.1 Å². The molecule has 0 aliphatic rings. The standard InChI is InChI=1S/C24H22IN3O3/c1-17-6-8-19(9-7-17)16-31-20-12-10-18(11-13-20)14-27-28-23(29)15-26-24(30)21-4-2-3-5-22(21)25/h2-14H,15-16H2,1H3,(H,26,30)(H,28,29)/b27-14+. The van der Waals surface area contributed by atoms with Crippen LogP contribution in [0.5, 0.6) is 5.75 Å². The Labute approximate surface area is 194 Å². The van der Waals surface area contributed by atoms with E-state index in [1.165, 1.54) is 11.8 Å². The van der Waals surface area contributed by atoms with E-state index in [2.05, 4.69) is 57.5 Å². The van der Waals surface area contributed by atoms with Gasteiger partial charge in [0.05, 0.1) is 18.3 Å². The fourth-order valence-corrected chi connectivity index (χ4v) is 3.25. The number of hydrogen-bond acceptors (Lipinski definition) is 4. The van der Waals surface area contributed by atoms with Gasteiger partial charge in [0.25, 0.3) is 11.8 Å². The molecule has 0 saturated carbocycles. The lowest BCUT2D eigenvalue weighted by Crippen LogP contribution is -2.35. The average Bonchev–Trinajstić information content (AvgIpc) is 2.78. The van der Waals surface area contributed by atoms with Crippen molar-refractivity contribution in [1.29, 1.82) is 0 Å². The number of carbonyl (C=O) groups excluding carboxylic acids is 2. The van der Waals surface area contributed by atoms with E-state index in [4.69, 9.17) is 4.74 Å². The zero-order valence-corrected chi connectivity index (χ0v) is 19.1. The van der Waals surface area contributed by atoms with Crippen molar-refractivity contribution in [3.63, 3.8) is 0 Å². The highest BCUT2D eigenvalue weighted by Gasteiger charge is 2.10. The van der Waals surface area contributed by atoms with Crippen LogP contribution >= 0.6 is 22.6 Å². The number of aryl methyl sites for hydroxylation is 1. The van der Waals surface area contributed by atoms with Crippen molar-refractivity contribution < 1.29 is 14.3 Å². The van der Waals surface area contributed by atoms with Gasteiger partial charge in [-0.3, -0.25) is 9.59 Å². The summed E-state index contributed by atoms with van der Waals surface area (Å²) in [7, 11) is 0. The highest BCUT2D eigenvalue weighted by atomic mass is 127. The maximum absolute atomic E-state index is 12.1. The third-order valence-corrected chi connectivity index (χ3v) is 5.28. The number of benzene rings is 3. The van der Waals surface area contributed by atoms with Gasteiger partial charge in [-0.25, -0.2) is 5.43 Å². The zero-order chi connectivity index (χ0) is 22.1. The van der Waals surface area contributed by atoms with Crippen LogP contribution in [0.3, 0.4) is 0 Å². The van der Waals surface area contributed by atoms with Crippen LogP contribution in [0.2, 0.25) is 0 Å². The Kier molecular flexibility index (Phi) is 8.17. The van der Waals surface area contributed by atoms with Crippen molar-refractivity contribution in [2.24, 2.45) is 5.10 Å². The molecule has 0 bridgehead atoms. The molecule has 0 spiro atoms. The van der Waals surface area contributed by atoms with E-state index in [9.17, 15) is 9.59 Å². The van der Waals surface area contributed by atoms with Gasteiger partial charge in [0.2, 0.25) is 0 Å². The Hall–Kier alpha value is -3.20. The molecule has 2 amide bonds. The molecule has 0 unspecified atom stereocenters. The van der Waals surface area contributed by atoms with E-state index < -0.39 is 5.91 Å². The lowest BCUT2D eigenvalue weighted by molar-refractivity contribution is -0.120. The molecule has 0 aliphatic heterocycles. The van der Waals surface area contributed by atoms with Crippen LogP contribution in [0, 0.1) is 10.5 Å². The number of hydrazone groups is 1. The first kappa shape index (κ1) is 22.5. The monoisotopic (exact) mass is 527 g/mol. The summed E-state index contributed by atoms with van der Waals surface area (Å²) in [5.74, 6) is 0.0407. The molecule has 0 aliphatic carbocycles. The Morgan fingerprint density at radius 1 is 1.00 bits per heavy atom. The number of nitrogens with zero attached hydrogens (tertiary/aromatic N) is 1. The summed E-state index contributed by atoms with van der Waals surface area (Å²) in [6.45, 7) is 2.39. The first-order valence-electron chi connectivity index (χ1n) is 9.64. The van der Waals surface area contributed by atoms with Crippen LogP contribution in [0.15, 0.2) is 77.9 Å². The number of hydrogen-bond donors (Lipinski definition) is 2. The molecular formula is C24H22IN3O3.